The Morgan fingerprint density at radius 1 is 1.23 bits per heavy atom. The van der Waals surface area contributed by atoms with Crippen LogP contribution in [0.4, 0.5) is 4.39 Å². The van der Waals surface area contributed by atoms with Crippen LogP contribution in [0.15, 0.2) is 41.7 Å². The Labute approximate surface area is 204 Å². The molecule has 0 radical (unpaired) electrons. The fourth-order valence-electron chi connectivity index (χ4n) is 4.17. The molecule has 1 aliphatic rings. The predicted molar refractivity (Wildman–Crippen MR) is 127 cm³/mol. The number of alkyl halides is 1. The zero-order valence-electron chi connectivity index (χ0n) is 20.7. The highest BCUT2D eigenvalue weighted by molar-refractivity contribution is 6.11. The molecule has 1 aromatic carbocycles. The van der Waals surface area contributed by atoms with Gasteiger partial charge in [-0.15, -0.1) is 0 Å². The van der Waals surface area contributed by atoms with Crippen LogP contribution in [-0.2, 0) is 28.6 Å². The van der Waals surface area contributed by atoms with Gasteiger partial charge in [0.05, 0.1) is 24.8 Å². The van der Waals surface area contributed by atoms with Crippen LogP contribution in [0.1, 0.15) is 39.3 Å². The molecular formula is C25H32FN3O6. The van der Waals surface area contributed by atoms with Crippen molar-refractivity contribution in [3.05, 3.63) is 42.2 Å². The van der Waals surface area contributed by atoms with E-state index in [0.717, 1.165) is 10.8 Å². The maximum Gasteiger partial charge on any atom is 0.308 e. The van der Waals surface area contributed by atoms with Crippen LogP contribution in [0.2, 0.25) is 0 Å². The number of methoxy groups -OCH3 is 2. The van der Waals surface area contributed by atoms with Crippen LogP contribution >= 0.6 is 0 Å². The second-order valence-corrected chi connectivity index (χ2v) is 8.62. The smallest absolute Gasteiger partial charge is 0.308 e. The van der Waals surface area contributed by atoms with Crippen molar-refractivity contribution in [2.75, 3.05) is 27.5 Å². The number of esters is 1. The van der Waals surface area contributed by atoms with Gasteiger partial charge in [-0.1, -0.05) is 43.3 Å². The molecule has 2 aromatic rings. The van der Waals surface area contributed by atoms with Gasteiger partial charge in [0, 0.05) is 38.1 Å². The summed E-state index contributed by atoms with van der Waals surface area (Å²) >= 11 is 0. The van der Waals surface area contributed by atoms with Gasteiger partial charge in [0.25, 0.3) is 5.91 Å². The summed E-state index contributed by atoms with van der Waals surface area (Å²) in [7, 11) is 2.48. The summed E-state index contributed by atoms with van der Waals surface area (Å²) < 4.78 is 29.7. The van der Waals surface area contributed by atoms with Gasteiger partial charge in [0.15, 0.2) is 0 Å². The SMILES string of the molecule is CCOC(=O)CC(NC(=O)C1(C(C)C)CC(c2nccc3ccccc23)=NO1)C(CF)(OC)OC. The van der Waals surface area contributed by atoms with E-state index < -0.39 is 36.0 Å². The number of halogens is 1. The van der Waals surface area contributed by atoms with Crippen LogP contribution in [0.25, 0.3) is 10.8 Å². The Morgan fingerprint density at radius 2 is 1.94 bits per heavy atom. The number of amides is 1. The summed E-state index contributed by atoms with van der Waals surface area (Å²) in [5, 5.41) is 8.83. The van der Waals surface area contributed by atoms with E-state index in [4.69, 9.17) is 19.0 Å². The van der Waals surface area contributed by atoms with Crippen LogP contribution in [0.5, 0.6) is 0 Å². The highest BCUT2D eigenvalue weighted by Gasteiger charge is 2.52. The van der Waals surface area contributed by atoms with Gasteiger partial charge in [-0.2, -0.15) is 0 Å². The maximum absolute atomic E-state index is 14.1. The molecule has 2 atom stereocenters. The van der Waals surface area contributed by atoms with Crippen LogP contribution in [-0.4, -0.2) is 67.5 Å². The van der Waals surface area contributed by atoms with Crippen molar-refractivity contribution in [1.82, 2.24) is 10.3 Å². The summed E-state index contributed by atoms with van der Waals surface area (Å²) in [6.45, 7) is 4.33. The first-order valence-electron chi connectivity index (χ1n) is 11.5. The summed E-state index contributed by atoms with van der Waals surface area (Å²) in [6.07, 6.45) is 1.45. The van der Waals surface area contributed by atoms with Crippen LogP contribution in [0.3, 0.4) is 0 Å². The molecule has 0 saturated carbocycles. The number of ether oxygens (including phenoxy) is 3. The quantitative estimate of drug-likeness (QED) is 0.382. The minimum atomic E-state index is -1.89. The van der Waals surface area contributed by atoms with Crippen molar-refractivity contribution in [3.63, 3.8) is 0 Å². The van der Waals surface area contributed by atoms with Crippen molar-refractivity contribution < 1.29 is 33.0 Å². The first-order chi connectivity index (χ1) is 16.8. The topological polar surface area (TPSA) is 108 Å². The fraction of sp³-hybridized carbons (Fsp3) is 0.520. The average molecular weight is 490 g/mol. The van der Waals surface area contributed by atoms with E-state index in [2.05, 4.69) is 15.5 Å². The van der Waals surface area contributed by atoms with E-state index in [9.17, 15) is 14.0 Å². The average Bonchev–Trinajstić information content (AvgIpc) is 3.32. The molecule has 0 aliphatic carbocycles. The number of rotatable bonds is 11. The first kappa shape index (κ1) is 26.5. The second-order valence-electron chi connectivity index (χ2n) is 8.62. The van der Waals surface area contributed by atoms with Crippen molar-refractivity contribution >= 4 is 28.4 Å². The molecule has 0 bridgehead atoms. The fourth-order valence-corrected chi connectivity index (χ4v) is 4.17. The molecule has 1 aromatic heterocycles. The van der Waals surface area contributed by atoms with Gasteiger partial charge in [-0.3, -0.25) is 14.6 Å². The van der Waals surface area contributed by atoms with Crippen molar-refractivity contribution in [1.29, 1.82) is 0 Å². The van der Waals surface area contributed by atoms with Crippen molar-refractivity contribution in [2.45, 2.75) is 51.0 Å². The monoisotopic (exact) mass is 489 g/mol. The summed E-state index contributed by atoms with van der Waals surface area (Å²) in [5.74, 6) is -3.42. The molecule has 1 N–H and O–H groups in total. The van der Waals surface area contributed by atoms with Gasteiger partial charge in [-0.05, 0) is 18.4 Å². The number of carbonyl (C=O) groups excluding carboxylic acids is 2. The van der Waals surface area contributed by atoms with E-state index >= 15 is 0 Å². The Hall–Kier alpha value is -3.11. The number of hydrogen-bond acceptors (Lipinski definition) is 8. The van der Waals surface area contributed by atoms with E-state index in [0.29, 0.717) is 11.4 Å². The summed E-state index contributed by atoms with van der Waals surface area (Å²) in [4.78, 5) is 36.2. The third kappa shape index (κ3) is 5.13. The Balaban J connectivity index is 1.91. The van der Waals surface area contributed by atoms with Gasteiger partial charge in [0.1, 0.15) is 12.4 Å². The third-order valence-electron chi connectivity index (χ3n) is 6.40. The molecule has 10 heteroatoms. The molecule has 1 aliphatic heterocycles. The minimum Gasteiger partial charge on any atom is -0.466 e. The normalized spacial score (nSPS) is 18.8. The molecule has 0 fully saturated rings. The number of benzene rings is 1. The standard InChI is InChI=1S/C25H32FN3O6/c1-6-34-21(30)13-20(25(15-26,32-4)33-5)28-23(31)24(16(2)3)14-19(29-35-24)22-18-10-8-7-9-17(18)11-12-27-22/h7-12,16,20H,6,13-15H2,1-5H3,(H,28,31). The lowest BCUT2D eigenvalue weighted by molar-refractivity contribution is -0.236. The molecule has 3 rings (SSSR count). The first-order valence-corrected chi connectivity index (χ1v) is 11.5. The van der Waals surface area contributed by atoms with Crippen LogP contribution in [0, 0.1) is 5.92 Å². The van der Waals surface area contributed by atoms with Gasteiger partial charge >= 0.3 is 5.97 Å². The molecule has 1 amide bonds. The van der Waals surface area contributed by atoms with E-state index in [-0.39, 0.29) is 25.4 Å². The molecule has 0 spiro atoms. The molecule has 9 nitrogen and oxygen atoms in total. The summed E-state index contributed by atoms with van der Waals surface area (Å²) in [5.41, 5.74) is -0.277. The lowest BCUT2D eigenvalue weighted by atomic mass is 9.83. The highest BCUT2D eigenvalue weighted by atomic mass is 19.1. The lowest BCUT2D eigenvalue weighted by Crippen LogP contribution is -2.62. The number of carbonyl (C=O) groups is 2. The molecular weight excluding hydrogens is 457 g/mol. The number of aromatic nitrogens is 1. The van der Waals surface area contributed by atoms with Gasteiger partial charge < -0.3 is 24.4 Å². The largest absolute Gasteiger partial charge is 0.466 e. The molecule has 2 unspecified atom stereocenters. The Morgan fingerprint density at radius 3 is 2.57 bits per heavy atom. The van der Waals surface area contributed by atoms with Crippen molar-refractivity contribution in [3.8, 4) is 0 Å². The van der Waals surface area contributed by atoms with Gasteiger partial charge in [0.2, 0.25) is 11.4 Å². The molecule has 2 heterocycles. The minimum absolute atomic E-state index is 0.131. The number of oxime groups is 1. The third-order valence-corrected chi connectivity index (χ3v) is 6.40. The molecule has 190 valence electrons. The number of hydrogen-bond donors (Lipinski definition) is 1. The molecule has 0 saturated heterocycles. The Bertz CT molecular complexity index is 1070. The van der Waals surface area contributed by atoms with Crippen molar-refractivity contribution in [2.24, 2.45) is 11.1 Å². The Kier molecular flexibility index (Phi) is 8.39. The van der Waals surface area contributed by atoms with Gasteiger partial charge in [-0.25, -0.2) is 4.39 Å². The highest BCUT2D eigenvalue weighted by Crippen LogP contribution is 2.36. The second kappa shape index (κ2) is 11.1. The number of pyridine rings is 1. The predicted octanol–water partition coefficient (Wildman–Crippen LogP) is 3.15. The zero-order valence-corrected chi connectivity index (χ0v) is 20.7. The summed E-state index contributed by atoms with van der Waals surface area (Å²) in [6, 6.07) is 8.43. The zero-order chi connectivity index (χ0) is 25.6. The number of nitrogens with zero attached hydrogens (tertiary/aromatic N) is 2. The lowest BCUT2D eigenvalue weighted by Gasteiger charge is -2.38. The van der Waals surface area contributed by atoms with E-state index in [1.54, 1.807) is 13.1 Å². The maximum atomic E-state index is 14.1. The number of nitrogens with one attached hydrogen (secondary N) is 1. The molecule has 35 heavy (non-hydrogen) atoms. The van der Waals surface area contributed by atoms with Crippen LogP contribution < -0.4 is 5.32 Å². The number of fused-ring (bicyclic) bond motifs is 1. The van der Waals surface area contributed by atoms with E-state index in [1.165, 1.54) is 14.2 Å². The van der Waals surface area contributed by atoms with E-state index in [1.807, 2.05) is 44.2 Å².